The van der Waals surface area contributed by atoms with Gasteiger partial charge in [0.2, 0.25) is 5.91 Å². The number of hydrogen-bond donors (Lipinski definition) is 3. The molecule has 3 N–H and O–H groups in total. The predicted molar refractivity (Wildman–Crippen MR) is 104 cm³/mol. The fraction of sp³-hybridized carbons (Fsp3) is 0.556. The summed E-state index contributed by atoms with van der Waals surface area (Å²) >= 11 is 5.19. The molecule has 2 rings (SSSR count). The molecule has 1 fully saturated rings. The third kappa shape index (κ3) is 6.97. The van der Waals surface area contributed by atoms with Gasteiger partial charge in [0.15, 0.2) is 5.11 Å². The van der Waals surface area contributed by atoms with Crippen molar-refractivity contribution in [3.63, 3.8) is 0 Å². The number of carbonyl (C=O) groups excluding carboxylic acids is 1. The Bertz CT molecular complexity index is 569. The van der Waals surface area contributed by atoms with Gasteiger partial charge in [0.25, 0.3) is 0 Å². The Kier molecular flexibility index (Phi) is 7.61. The molecule has 1 amide bonds. The third-order valence-corrected chi connectivity index (χ3v) is 4.29. The smallest absolute Gasteiger partial charge is 0.239 e. The Labute approximate surface area is 155 Å². The van der Waals surface area contributed by atoms with E-state index in [9.17, 15) is 4.79 Å². The summed E-state index contributed by atoms with van der Waals surface area (Å²) < 4.78 is 5.69. The highest BCUT2D eigenvalue weighted by Crippen LogP contribution is 2.11. The first kappa shape index (κ1) is 19.6. The molecule has 138 valence electrons. The van der Waals surface area contributed by atoms with Gasteiger partial charge in [-0.25, -0.2) is 0 Å². The van der Waals surface area contributed by atoms with Crippen molar-refractivity contribution >= 4 is 28.9 Å². The fourth-order valence-corrected chi connectivity index (χ4v) is 3.07. The molecule has 0 spiro atoms. The summed E-state index contributed by atoms with van der Waals surface area (Å²) in [5, 5.41) is 3.41. The van der Waals surface area contributed by atoms with E-state index in [4.69, 9.17) is 17.0 Å². The average molecular weight is 365 g/mol. The van der Waals surface area contributed by atoms with E-state index in [1.54, 1.807) is 0 Å². The number of benzene rings is 1. The second-order valence-corrected chi connectivity index (χ2v) is 6.85. The number of hydrogen-bond acceptors (Lipinski definition) is 4. The molecule has 6 nitrogen and oxygen atoms in total. The molecular formula is C18H28N4O2S. The average Bonchev–Trinajstić information content (AvgIpc) is 2.58. The zero-order valence-corrected chi connectivity index (χ0v) is 16.0. The van der Waals surface area contributed by atoms with Crippen molar-refractivity contribution in [3.05, 3.63) is 29.8 Å². The van der Waals surface area contributed by atoms with Crippen LogP contribution in [-0.2, 0) is 16.0 Å². The van der Waals surface area contributed by atoms with E-state index in [0.29, 0.717) is 18.1 Å². The first-order chi connectivity index (χ1) is 12.0. The van der Waals surface area contributed by atoms with Gasteiger partial charge in [0.1, 0.15) is 0 Å². The van der Waals surface area contributed by atoms with Crippen molar-refractivity contribution in [3.8, 4) is 0 Å². The summed E-state index contributed by atoms with van der Waals surface area (Å²) in [5.74, 6) is -0.0859. The van der Waals surface area contributed by atoms with E-state index in [1.807, 2.05) is 24.3 Å². The topological polar surface area (TPSA) is 65.6 Å². The van der Waals surface area contributed by atoms with Crippen LogP contribution in [0.25, 0.3) is 0 Å². The molecular weight excluding hydrogens is 336 g/mol. The lowest BCUT2D eigenvalue weighted by atomic mass is 10.1. The lowest BCUT2D eigenvalue weighted by molar-refractivity contribution is -0.123. The number of aryl methyl sites for hydroxylation is 1. The van der Waals surface area contributed by atoms with Crippen molar-refractivity contribution in [1.82, 2.24) is 15.8 Å². The number of ether oxygens (including phenoxy) is 1. The van der Waals surface area contributed by atoms with E-state index < -0.39 is 0 Å². The zero-order chi connectivity index (χ0) is 18.2. The second kappa shape index (κ2) is 9.70. The number of amides is 1. The quantitative estimate of drug-likeness (QED) is 0.549. The maximum absolute atomic E-state index is 12.0. The minimum atomic E-state index is -0.0859. The summed E-state index contributed by atoms with van der Waals surface area (Å²) in [6.07, 6.45) is 1.83. The molecule has 0 unspecified atom stereocenters. The van der Waals surface area contributed by atoms with Gasteiger partial charge in [-0.1, -0.05) is 19.1 Å². The summed E-state index contributed by atoms with van der Waals surface area (Å²) in [6, 6.07) is 8.03. The summed E-state index contributed by atoms with van der Waals surface area (Å²) in [7, 11) is 0. The Morgan fingerprint density at radius 1 is 1.20 bits per heavy atom. The molecule has 1 aliphatic heterocycles. The number of morpholine rings is 1. The van der Waals surface area contributed by atoms with Crippen LogP contribution in [0.5, 0.6) is 0 Å². The molecule has 0 radical (unpaired) electrons. The van der Waals surface area contributed by atoms with Crippen molar-refractivity contribution in [2.75, 3.05) is 25.0 Å². The van der Waals surface area contributed by atoms with Gasteiger partial charge in [0.05, 0.1) is 12.2 Å². The van der Waals surface area contributed by atoms with Gasteiger partial charge in [-0.15, -0.1) is 0 Å². The van der Waals surface area contributed by atoms with Gasteiger partial charge in [-0.3, -0.25) is 20.5 Å². The summed E-state index contributed by atoms with van der Waals surface area (Å²) in [6.45, 7) is 8.66. The minimum Gasteiger partial charge on any atom is -0.373 e. The number of hydrazine groups is 1. The number of rotatable bonds is 5. The lowest BCUT2D eigenvalue weighted by Gasteiger charge is -2.35. The first-order valence-corrected chi connectivity index (χ1v) is 9.19. The molecule has 1 aromatic rings. The Morgan fingerprint density at radius 2 is 1.84 bits per heavy atom. The molecule has 2 atom stereocenters. The first-order valence-electron chi connectivity index (χ1n) is 8.79. The summed E-state index contributed by atoms with van der Waals surface area (Å²) in [5.41, 5.74) is 7.54. The standard InChI is InChI=1S/C18H28N4O2S/c1-4-15-5-7-16(8-6-15)19-18(25)21-20-17(23)9-10-22-11-13(2)24-14(3)12-22/h5-8,13-14H,4,9-12H2,1-3H3,(H,20,23)(H2,19,21,25)/t13-,14+. The molecule has 0 bridgehead atoms. The monoisotopic (exact) mass is 364 g/mol. The van der Waals surface area contributed by atoms with Crippen molar-refractivity contribution in [2.24, 2.45) is 0 Å². The van der Waals surface area contributed by atoms with Crippen LogP contribution in [0.2, 0.25) is 0 Å². The van der Waals surface area contributed by atoms with Crippen molar-refractivity contribution in [1.29, 1.82) is 0 Å². The van der Waals surface area contributed by atoms with Gasteiger partial charge in [-0.2, -0.15) is 0 Å². The molecule has 0 aromatic heterocycles. The van der Waals surface area contributed by atoms with Crippen molar-refractivity contribution in [2.45, 2.75) is 45.8 Å². The molecule has 0 saturated carbocycles. The van der Waals surface area contributed by atoms with Crippen LogP contribution in [0.1, 0.15) is 32.8 Å². The predicted octanol–water partition coefficient (Wildman–Crippen LogP) is 2.07. The minimum absolute atomic E-state index is 0.0859. The fourth-order valence-electron chi connectivity index (χ4n) is 2.90. The molecule has 1 aromatic carbocycles. The molecule has 0 aliphatic carbocycles. The largest absolute Gasteiger partial charge is 0.373 e. The number of carbonyl (C=O) groups is 1. The zero-order valence-electron chi connectivity index (χ0n) is 15.2. The second-order valence-electron chi connectivity index (χ2n) is 6.44. The van der Waals surface area contributed by atoms with Gasteiger partial charge in [-0.05, 0) is 50.2 Å². The SMILES string of the molecule is CCc1ccc(NC(=S)NNC(=O)CCN2C[C@@H](C)O[C@@H](C)C2)cc1. The van der Waals surface area contributed by atoms with Crippen LogP contribution in [0.3, 0.4) is 0 Å². The van der Waals surface area contributed by atoms with Crippen LogP contribution in [-0.4, -0.2) is 47.8 Å². The van der Waals surface area contributed by atoms with Crippen LogP contribution >= 0.6 is 12.2 Å². The number of nitrogens with zero attached hydrogens (tertiary/aromatic N) is 1. The van der Waals surface area contributed by atoms with Crippen LogP contribution in [0.15, 0.2) is 24.3 Å². The highest BCUT2D eigenvalue weighted by atomic mass is 32.1. The lowest BCUT2D eigenvalue weighted by Crippen LogP contribution is -2.48. The van der Waals surface area contributed by atoms with E-state index in [-0.39, 0.29) is 18.1 Å². The Balaban J connectivity index is 1.66. The third-order valence-electron chi connectivity index (χ3n) is 4.09. The molecule has 1 saturated heterocycles. The molecule has 25 heavy (non-hydrogen) atoms. The maximum atomic E-state index is 12.0. The highest BCUT2D eigenvalue weighted by Gasteiger charge is 2.22. The van der Waals surface area contributed by atoms with E-state index in [0.717, 1.165) is 25.2 Å². The van der Waals surface area contributed by atoms with Gasteiger partial charge < -0.3 is 10.1 Å². The van der Waals surface area contributed by atoms with E-state index in [2.05, 4.69) is 41.8 Å². The molecule has 1 aliphatic rings. The van der Waals surface area contributed by atoms with Crippen molar-refractivity contribution < 1.29 is 9.53 Å². The van der Waals surface area contributed by atoms with Gasteiger partial charge in [0, 0.05) is 31.7 Å². The summed E-state index contributed by atoms with van der Waals surface area (Å²) in [4.78, 5) is 14.2. The maximum Gasteiger partial charge on any atom is 0.239 e. The van der Waals surface area contributed by atoms with Gasteiger partial charge >= 0.3 is 0 Å². The van der Waals surface area contributed by atoms with E-state index >= 15 is 0 Å². The van der Waals surface area contributed by atoms with Crippen LogP contribution in [0.4, 0.5) is 5.69 Å². The number of anilines is 1. The number of nitrogens with one attached hydrogen (secondary N) is 3. The Hall–Kier alpha value is -1.70. The van der Waals surface area contributed by atoms with Crippen LogP contribution < -0.4 is 16.2 Å². The van der Waals surface area contributed by atoms with E-state index in [1.165, 1.54) is 5.56 Å². The van der Waals surface area contributed by atoms with Crippen LogP contribution in [0, 0.1) is 0 Å². The normalized spacial score (nSPS) is 20.8. The Morgan fingerprint density at radius 3 is 2.44 bits per heavy atom. The number of thiocarbonyl (C=S) groups is 1. The highest BCUT2D eigenvalue weighted by molar-refractivity contribution is 7.80. The molecule has 7 heteroatoms. The molecule has 1 heterocycles.